The van der Waals surface area contributed by atoms with Gasteiger partial charge in [-0.25, -0.2) is 0 Å². The van der Waals surface area contributed by atoms with E-state index in [-0.39, 0.29) is 12.0 Å². The monoisotopic (exact) mass is 252 g/mol. The van der Waals surface area contributed by atoms with Gasteiger partial charge >= 0.3 is 0 Å². The number of allylic oxidation sites excluding steroid dienone is 2. The summed E-state index contributed by atoms with van der Waals surface area (Å²) in [5, 5.41) is 20.0. The van der Waals surface area contributed by atoms with E-state index in [0.29, 0.717) is 18.3 Å². The van der Waals surface area contributed by atoms with Crippen molar-refractivity contribution in [3.8, 4) is 0 Å². The second kappa shape index (κ2) is 5.89. The molecule has 2 N–H and O–H groups in total. The lowest BCUT2D eigenvalue weighted by Crippen LogP contribution is -2.42. The molecule has 102 valence electrons. The third-order valence-corrected chi connectivity index (χ3v) is 4.41. The van der Waals surface area contributed by atoms with Gasteiger partial charge in [0.25, 0.3) is 0 Å². The average molecular weight is 252 g/mol. The molecule has 3 nitrogen and oxygen atoms in total. The van der Waals surface area contributed by atoms with Crippen molar-refractivity contribution in [2.45, 2.75) is 44.8 Å². The Labute approximate surface area is 109 Å². The number of hydrogen-bond donors (Lipinski definition) is 2. The molecule has 0 heterocycles. The van der Waals surface area contributed by atoms with Crippen molar-refractivity contribution in [2.24, 2.45) is 17.8 Å². The van der Waals surface area contributed by atoms with E-state index in [0.717, 1.165) is 19.3 Å². The van der Waals surface area contributed by atoms with Gasteiger partial charge in [0.05, 0.1) is 25.6 Å². The molecule has 0 aromatic rings. The molecule has 0 aliphatic heterocycles. The van der Waals surface area contributed by atoms with Crippen LogP contribution in [0.2, 0.25) is 0 Å². The first-order chi connectivity index (χ1) is 8.63. The summed E-state index contributed by atoms with van der Waals surface area (Å²) >= 11 is 0. The van der Waals surface area contributed by atoms with Crippen molar-refractivity contribution in [1.82, 2.24) is 0 Å². The van der Waals surface area contributed by atoms with Crippen LogP contribution < -0.4 is 0 Å². The van der Waals surface area contributed by atoms with Crippen LogP contribution in [0, 0.1) is 17.8 Å². The van der Waals surface area contributed by atoms with Crippen LogP contribution in [0.1, 0.15) is 32.6 Å². The number of hydrogen-bond acceptors (Lipinski definition) is 3. The van der Waals surface area contributed by atoms with Crippen molar-refractivity contribution in [3.05, 3.63) is 24.0 Å². The molecule has 0 aromatic carbocycles. The van der Waals surface area contributed by atoms with Gasteiger partial charge in [-0.15, -0.1) is 0 Å². The molecule has 5 atom stereocenters. The van der Waals surface area contributed by atoms with Gasteiger partial charge in [0.15, 0.2) is 0 Å². The van der Waals surface area contributed by atoms with Gasteiger partial charge < -0.3 is 14.9 Å². The smallest absolute Gasteiger partial charge is 0.0784 e. The first kappa shape index (κ1) is 13.6. The van der Waals surface area contributed by atoms with Crippen molar-refractivity contribution >= 4 is 0 Å². The lowest BCUT2D eigenvalue weighted by molar-refractivity contribution is -0.00413. The Bertz CT molecular complexity index is 335. The van der Waals surface area contributed by atoms with E-state index in [9.17, 15) is 10.2 Å². The Hall–Kier alpha value is -0.800. The molecule has 1 fully saturated rings. The third-order valence-electron chi connectivity index (χ3n) is 4.41. The van der Waals surface area contributed by atoms with Gasteiger partial charge in [0.2, 0.25) is 0 Å². The Morgan fingerprint density at radius 2 is 2.22 bits per heavy atom. The quantitative estimate of drug-likeness (QED) is 0.598. The number of aliphatic hydroxyl groups is 2. The predicted octanol–water partition coefficient (Wildman–Crippen LogP) is 2.25. The maximum atomic E-state index is 10.3. The highest BCUT2D eigenvalue weighted by atomic mass is 16.5. The lowest BCUT2D eigenvalue weighted by Gasteiger charge is -2.43. The molecule has 0 aromatic heterocycles. The van der Waals surface area contributed by atoms with Crippen LogP contribution in [0.15, 0.2) is 24.0 Å². The summed E-state index contributed by atoms with van der Waals surface area (Å²) in [7, 11) is 1.65. The minimum absolute atomic E-state index is 0.221. The van der Waals surface area contributed by atoms with E-state index in [1.807, 2.05) is 6.08 Å². The molecule has 0 radical (unpaired) electrons. The van der Waals surface area contributed by atoms with Crippen LogP contribution in [-0.4, -0.2) is 29.5 Å². The Kier molecular flexibility index (Phi) is 4.46. The second-order valence-electron chi connectivity index (χ2n) is 5.69. The number of aliphatic hydroxyl groups excluding tert-OH is 2. The van der Waals surface area contributed by atoms with Gasteiger partial charge in [-0.1, -0.05) is 18.6 Å². The predicted molar refractivity (Wildman–Crippen MR) is 70.9 cm³/mol. The van der Waals surface area contributed by atoms with E-state index in [4.69, 9.17) is 4.74 Å². The van der Waals surface area contributed by atoms with Crippen LogP contribution >= 0.6 is 0 Å². The fraction of sp³-hybridized carbons (Fsp3) is 0.733. The van der Waals surface area contributed by atoms with Crippen LogP contribution in [0.3, 0.4) is 0 Å². The van der Waals surface area contributed by atoms with E-state index in [1.165, 1.54) is 5.57 Å². The van der Waals surface area contributed by atoms with Crippen molar-refractivity contribution in [2.75, 3.05) is 7.11 Å². The molecule has 2 aliphatic rings. The molecule has 0 amide bonds. The van der Waals surface area contributed by atoms with E-state index in [2.05, 4.69) is 13.0 Å². The highest BCUT2D eigenvalue weighted by Gasteiger charge is 2.40. The minimum Gasteiger partial charge on any atom is -0.505 e. The van der Waals surface area contributed by atoms with Gasteiger partial charge in [-0.2, -0.15) is 0 Å². The zero-order valence-electron chi connectivity index (χ0n) is 11.2. The van der Waals surface area contributed by atoms with Crippen LogP contribution in [0.25, 0.3) is 0 Å². The summed E-state index contributed by atoms with van der Waals surface area (Å²) in [6.45, 7) is 2.25. The van der Waals surface area contributed by atoms with Crippen LogP contribution in [0.5, 0.6) is 0 Å². The van der Waals surface area contributed by atoms with Crippen LogP contribution in [-0.2, 0) is 4.74 Å². The molecule has 2 rings (SSSR count). The van der Waals surface area contributed by atoms with Crippen molar-refractivity contribution in [3.63, 3.8) is 0 Å². The number of ether oxygens (including phenoxy) is 1. The molecule has 0 bridgehead atoms. The summed E-state index contributed by atoms with van der Waals surface area (Å²) in [5.74, 6) is 1.25. The summed E-state index contributed by atoms with van der Waals surface area (Å²) in [6.07, 6.45) is 8.46. The van der Waals surface area contributed by atoms with Gasteiger partial charge in [0, 0.05) is 12.3 Å². The molecular weight excluding hydrogens is 228 g/mol. The maximum absolute atomic E-state index is 10.3. The molecule has 18 heavy (non-hydrogen) atoms. The molecule has 1 saturated carbocycles. The molecule has 2 aliphatic carbocycles. The van der Waals surface area contributed by atoms with Crippen molar-refractivity contribution < 1.29 is 14.9 Å². The largest absolute Gasteiger partial charge is 0.505 e. The van der Waals surface area contributed by atoms with E-state index < -0.39 is 6.10 Å². The fourth-order valence-corrected chi connectivity index (χ4v) is 3.50. The van der Waals surface area contributed by atoms with Crippen molar-refractivity contribution in [1.29, 1.82) is 0 Å². The molecule has 0 unspecified atom stereocenters. The SMILES string of the molecule is CO/C=C/C[C@@H]1[C@@H]2C(=CC[C@@H]1C)C[C@@H](O)C[C@@H]2O. The third kappa shape index (κ3) is 2.78. The molecule has 0 spiro atoms. The summed E-state index contributed by atoms with van der Waals surface area (Å²) in [4.78, 5) is 0. The summed E-state index contributed by atoms with van der Waals surface area (Å²) in [5.41, 5.74) is 1.26. The first-order valence-corrected chi connectivity index (χ1v) is 6.86. The minimum atomic E-state index is -0.399. The average Bonchev–Trinajstić information content (AvgIpc) is 2.32. The lowest BCUT2D eigenvalue weighted by atomic mass is 9.64. The number of fused-ring (bicyclic) bond motifs is 1. The van der Waals surface area contributed by atoms with E-state index >= 15 is 0 Å². The summed E-state index contributed by atoms with van der Waals surface area (Å²) < 4.78 is 4.95. The fourth-order valence-electron chi connectivity index (χ4n) is 3.50. The molecule has 0 saturated heterocycles. The normalized spacial score (nSPS) is 40.4. The zero-order chi connectivity index (χ0) is 13.1. The number of rotatable bonds is 3. The highest BCUT2D eigenvalue weighted by molar-refractivity contribution is 5.19. The summed E-state index contributed by atoms with van der Waals surface area (Å²) in [6, 6.07) is 0. The Morgan fingerprint density at radius 3 is 2.94 bits per heavy atom. The topological polar surface area (TPSA) is 49.7 Å². The first-order valence-electron chi connectivity index (χ1n) is 6.86. The van der Waals surface area contributed by atoms with Crippen LogP contribution in [0.4, 0.5) is 0 Å². The van der Waals surface area contributed by atoms with Gasteiger partial charge in [-0.3, -0.25) is 0 Å². The zero-order valence-corrected chi connectivity index (χ0v) is 11.2. The van der Waals surface area contributed by atoms with E-state index in [1.54, 1.807) is 13.4 Å². The molecule has 3 heteroatoms. The molecular formula is C15H24O3. The number of methoxy groups -OCH3 is 1. The Balaban J connectivity index is 2.13. The Morgan fingerprint density at radius 1 is 1.44 bits per heavy atom. The van der Waals surface area contributed by atoms with Gasteiger partial charge in [0.1, 0.15) is 0 Å². The van der Waals surface area contributed by atoms with Gasteiger partial charge in [-0.05, 0) is 37.2 Å². The highest BCUT2D eigenvalue weighted by Crippen LogP contribution is 2.44. The maximum Gasteiger partial charge on any atom is 0.0784 e. The standard InChI is InChI=1S/C15H24O3/c1-10-5-6-11-8-12(16)9-14(17)15(11)13(10)4-3-7-18-2/h3,6-7,10,12-17H,4-5,8-9H2,1-2H3/b7-3+/t10-,12+,13-,14-,15-/m0/s1. The second-order valence-corrected chi connectivity index (χ2v) is 5.69.